The van der Waals surface area contributed by atoms with Gasteiger partial charge >= 0.3 is 0 Å². The molecule has 0 spiro atoms. The fourth-order valence-corrected chi connectivity index (χ4v) is 2.55. The Morgan fingerprint density at radius 1 is 1.42 bits per heavy atom. The fraction of sp³-hybridized carbons (Fsp3) is 0.308. The molecule has 0 amide bonds. The molecule has 0 aliphatic heterocycles. The molecule has 0 atom stereocenters. The van der Waals surface area contributed by atoms with Gasteiger partial charge in [-0.05, 0) is 54.4 Å². The number of nitrogens with two attached hydrogens (primary N) is 1. The first kappa shape index (κ1) is 14.2. The monoisotopic (exact) mass is 342 g/mol. The van der Waals surface area contributed by atoms with E-state index in [1.165, 1.54) is 0 Å². The number of rotatable bonds is 3. The predicted molar refractivity (Wildman–Crippen MR) is 84.2 cm³/mol. The fourth-order valence-electron chi connectivity index (χ4n) is 1.83. The lowest BCUT2D eigenvalue weighted by molar-refractivity contribution is 0.661. The lowest BCUT2D eigenvalue weighted by atomic mass is 10.2. The summed E-state index contributed by atoms with van der Waals surface area (Å²) in [6.07, 6.45) is 0. The lowest BCUT2D eigenvalue weighted by Gasteiger charge is -2.12. The molecule has 3 N–H and O–H groups in total. The maximum absolute atomic E-state index is 6.16. The van der Waals surface area contributed by atoms with Crippen LogP contribution in [0.15, 0.2) is 16.6 Å². The molecule has 0 saturated carbocycles. The van der Waals surface area contributed by atoms with E-state index in [4.69, 9.17) is 17.3 Å². The molecule has 1 aromatic carbocycles. The normalized spacial score (nSPS) is 10.8. The zero-order valence-electron chi connectivity index (χ0n) is 11.1. The van der Waals surface area contributed by atoms with E-state index in [2.05, 4.69) is 26.3 Å². The summed E-state index contributed by atoms with van der Waals surface area (Å²) >= 11 is 9.68. The molecule has 0 fully saturated rings. The lowest BCUT2D eigenvalue weighted by Crippen LogP contribution is -2.04. The van der Waals surface area contributed by atoms with Gasteiger partial charge in [0.2, 0.25) is 0 Å². The third kappa shape index (κ3) is 2.72. The molecule has 0 aliphatic rings. The van der Waals surface area contributed by atoms with Gasteiger partial charge in [0.25, 0.3) is 0 Å². The van der Waals surface area contributed by atoms with Crippen molar-refractivity contribution in [2.75, 3.05) is 11.1 Å². The summed E-state index contributed by atoms with van der Waals surface area (Å²) in [5.41, 5.74) is 9.42. The summed E-state index contributed by atoms with van der Waals surface area (Å²) < 4.78 is 2.78. The van der Waals surface area contributed by atoms with Crippen molar-refractivity contribution in [2.45, 2.75) is 27.3 Å². The van der Waals surface area contributed by atoms with Crippen molar-refractivity contribution in [1.82, 2.24) is 9.78 Å². The van der Waals surface area contributed by atoms with Crippen LogP contribution in [-0.2, 0) is 6.54 Å². The van der Waals surface area contributed by atoms with Crippen LogP contribution in [0.25, 0.3) is 0 Å². The average molecular weight is 344 g/mol. The number of nitrogen functional groups attached to an aromatic ring is 1. The Morgan fingerprint density at radius 3 is 2.74 bits per heavy atom. The van der Waals surface area contributed by atoms with Crippen LogP contribution in [-0.4, -0.2) is 9.78 Å². The largest absolute Gasteiger partial charge is 0.394 e. The van der Waals surface area contributed by atoms with E-state index < -0.39 is 0 Å². The van der Waals surface area contributed by atoms with Gasteiger partial charge in [-0.15, -0.1) is 0 Å². The SMILES string of the molecule is CCn1nc(C)c(N)c1Nc1cc(Cl)c(C)cc1Br. The molecule has 4 nitrogen and oxygen atoms in total. The van der Waals surface area contributed by atoms with Crippen LogP contribution in [0.3, 0.4) is 0 Å². The number of anilines is 3. The molecule has 0 radical (unpaired) electrons. The van der Waals surface area contributed by atoms with E-state index >= 15 is 0 Å². The van der Waals surface area contributed by atoms with Gasteiger partial charge in [0, 0.05) is 16.0 Å². The van der Waals surface area contributed by atoms with Crippen LogP contribution < -0.4 is 11.1 Å². The highest BCUT2D eigenvalue weighted by Gasteiger charge is 2.13. The van der Waals surface area contributed by atoms with Gasteiger partial charge in [-0.1, -0.05) is 11.6 Å². The molecule has 1 heterocycles. The van der Waals surface area contributed by atoms with Gasteiger partial charge in [-0.2, -0.15) is 5.10 Å². The van der Waals surface area contributed by atoms with Crippen LogP contribution in [0, 0.1) is 13.8 Å². The van der Waals surface area contributed by atoms with Crippen LogP contribution >= 0.6 is 27.5 Å². The highest BCUT2D eigenvalue weighted by atomic mass is 79.9. The zero-order valence-corrected chi connectivity index (χ0v) is 13.4. The Labute approximate surface area is 126 Å². The van der Waals surface area contributed by atoms with Crippen molar-refractivity contribution in [3.8, 4) is 0 Å². The van der Waals surface area contributed by atoms with Crippen LogP contribution in [0.5, 0.6) is 0 Å². The highest BCUT2D eigenvalue weighted by Crippen LogP contribution is 2.33. The molecule has 1 aromatic heterocycles. The van der Waals surface area contributed by atoms with Crippen molar-refractivity contribution >= 4 is 44.7 Å². The number of nitrogens with one attached hydrogen (secondary N) is 1. The number of aryl methyl sites for hydroxylation is 3. The Hall–Kier alpha value is -1.20. The first-order valence-corrected chi connectivity index (χ1v) is 7.16. The van der Waals surface area contributed by atoms with E-state index in [0.717, 1.165) is 33.8 Å². The van der Waals surface area contributed by atoms with E-state index in [1.807, 2.05) is 37.6 Å². The maximum atomic E-state index is 6.16. The number of halogens is 2. The molecular weight excluding hydrogens is 328 g/mol. The summed E-state index contributed by atoms with van der Waals surface area (Å²) in [5.74, 6) is 0.792. The topological polar surface area (TPSA) is 55.9 Å². The quantitative estimate of drug-likeness (QED) is 0.875. The Balaban J connectivity index is 2.44. The second-order valence-electron chi connectivity index (χ2n) is 4.37. The smallest absolute Gasteiger partial charge is 0.152 e. The van der Waals surface area contributed by atoms with Gasteiger partial charge in [-0.3, -0.25) is 0 Å². The number of hydrogen-bond acceptors (Lipinski definition) is 3. The van der Waals surface area contributed by atoms with Gasteiger partial charge in [0.15, 0.2) is 5.82 Å². The molecule has 102 valence electrons. The van der Waals surface area contributed by atoms with Gasteiger partial charge in [0.1, 0.15) is 0 Å². The van der Waals surface area contributed by atoms with E-state index in [9.17, 15) is 0 Å². The van der Waals surface area contributed by atoms with Gasteiger partial charge in [-0.25, -0.2) is 4.68 Å². The predicted octanol–water partition coefficient (Wildman–Crippen LogP) is 4.26. The number of benzene rings is 1. The van der Waals surface area contributed by atoms with Crippen molar-refractivity contribution in [1.29, 1.82) is 0 Å². The Kier molecular flexibility index (Phi) is 4.06. The van der Waals surface area contributed by atoms with Crippen LogP contribution in [0.4, 0.5) is 17.2 Å². The third-order valence-corrected chi connectivity index (χ3v) is 4.04. The average Bonchev–Trinajstić information content (AvgIpc) is 2.63. The minimum atomic E-state index is 0.658. The molecule has 2 rings (SSSR count). The van der Waals surface area contributed by atoms with Gasteiger partial charge in [0.05, 0.1) is 17.1 Å². The zero-order chi connectivity index (χ0) is 14.2. The molecule has 0 unspecified atom stereocenters. The molecule has 6 heteroatoms. The maximum Gasteiger partial charge on any atom is 0.152 e. The third-order valence-electron chi connectivity index (χ3n) is 2.97. The number of aromatic nitrogens is 2. The van der Waals surface area contributed by atoms with Crippen molar-refractivity contribution in [2.24, 2.45) is 0 Å². The highest BCUT2D eigenvalue weighted by molar-refractivity contribution is 9.10. The van der Waals surface area contributed by atoms with Crippen molar-refractivity contribution < 1.29 is 0 Å². The first-order chi connectivity index (χ1) is 8.93. The van der Waals surface area contributed by atoms with E-state index in [-0.39, 0.29) is 0 Å². The standard InChI is InChI=1S/C13H16BrClN4/c1-4-19-13(12(16)8(3)18-19)17-11-6-10(15)7(2)5-9(11)14/h5-6,17H,4,16H2,1-3H3. The van der Waals surface area contributed by atoms with E-state index in [0.29, 0.717) is 10.7 Å². The minimum absolute atomic E-state index is 0.658. The summed E-state index contributed by atoms with van der Waals surface area (Å²) in [5, 5.41) is 8.38. The van der Waals surface area contributed by atoms with Crippen molar-refractivity contribution in [3.63, 3.8) is 0 Å². The summed E-state index contributed by atoms with van der Waals surface area (Å²) in [6.45, 7) is 6.63. The molecule has 0 aliphatic carbocycles. The molecule has 2 aromatic rings. The summed E-state index contributed by atoms with van der Waals surface area (Å²) in [6, 6.07) is 3.85. The molecule has 0 saturated heterocycles. The second kappa shape index (κ2) is 5.43. The van der Waals surface area contributed by atoms with Gasteiger partial charge < -0.3 is 11.1 Å². The van der Waals surface area contributed by atoms with Crippen molar-refractivity contribution in [3.05, 3.63) is 32.9 Å². The molecular formula is C13H16BrClN4. The Morgan fingerprint density at radius 2 is 2.11 bits per heavy atom. The molecule has 19 heavy (non-hydrogen) atoms. The number of nitrogens with zero attached hydrogens (tertiary/aromatic N) is 2. The second-order valence-corrected chi connectivity index (χ2v) is 5.63. The summed E-state index contributed by atoms with van der Waals surface area (Å²) in [4.78, 5) is 0. The Bertz CT molecular complexity index is 622. The van der Waals surface area contributed by atoms with Crippen LogP contribution in [0.1, 0.15) is 18.2 Å². The van der Waals surface area contributed by atoms with Crippen LogP contribution in [0.2, 0.25) is 5.02 Å². The summed E-state index contributed by atoms with van der Waals surface area (Å²) in [7, 11) is 0. The van der Waals surface area contributed by atoms with E-state index in [1.54, 1.807) is 0 Å². The molecule has 0 bridgehead atoms. The number of hydrogen-bond donors (Lipinski definition) is 2. The minimum Gasteiger partial charge on any atom is -0.394 e. The first-order valence-electron chi connectivity index (χ1n) is 5.99.